The minimum absolute atomic E-state index is 0.0534. The van der Waals surface area contributed by atoms with Crippen molar-refractivity contribution in [3.05, 3.63) is 48.5 Å². The Balaban J connectivity index is 1.11. The number of ether oxygens (including phenoxy) is 1. The molecular formula is C30H40N5O5+. The first-order chi connectivity index (χ1) is 19.3. The second kappa shape index (κ2) is 12.2. The van der Waals surface area contributed by atoms with Gasteiger partial charge in [-0.15, -0.1) is 4.48 Å². The van der Waals surface area contributed by atoms with E-state index in [2.05, 4.69) is 15.5 Å². The van der Waals surface area contributed by atoms with Crippen molar-refractivity contribution in [3.63, 3.8) is 0 Å². The average Bonchev–Trinajstić information content (AvgIpc) is 3.67. The van der Waals surface area contributed by atoms with Crippen LogP contribution >= 0.6 is 0 Å². The predicted molar refractivity (Wildman–Crippen MR) is 154 cm³/mol. The number of nitrogens with zero attached hydrogens (tertiary/aromatic N) is 3. The van der Waals surface area contributed by atoms with Crippen molar-refractivity contribution in [1.82, 2.24) is 4.90 Å². The molecule has 2 aromatic rings. The molecule has 1 atom stereocenters. The number of rotatable bonds is 6. The maximum absolute atomic E-state index is 13.3. The van der Waals surface area contributed by atoms with E-state index in [0.29, 0.717) is 37.1 Å². The van der Waals surface area contributed by atoms with Crippen LogP contribution in [-0.4, -0.2) is 78.0 Å². The Morgan fingerprint density at radius 1 is 0.875 bits per heavy atom. The molecule has 0 bridgehead atoms. The molecule has 10 heteroatoms. The maximum Gasteiger partial charge on any atom is 0.522 e. The van der Waals surface area contributed by atoms with E-state index in [-0.39, 0.29) is 18.1 Å². The summed E-state index contributed by atoms with van der Waals surface area (Å²) in [6, 6.07) is 14.3. The third kappa shape index (κ3) is 6.17. The number of hydrogen-bond donors (Lipinski definition) is 3. The number of quaternary nitrogens is 1. The fourth-order valence-electron chi connectivity index (χ4n) is 6.13. The largest absolute Gasteiger partial charge is 0.522 e. The Morgan fingerprint density at radius 3 is 2.08 bits per heavy atom. The van der Waals surface area contributed by atoms with Gasteiger partial charge in [-0.1, -0.05) is 0 Å². The normalized spacial score (nSPS) is 20.6. The molecule has 3 fully saturated rings. The zero-order valence-electron chi connectivity index (χ0n) is 23.2. The lowest BCUT2D eigenvalue weighted by Crippen LogP contribution is -2.64. The first-order valence-electron chi connectivity index (χ1n) is 14.4. The molecule has 0 aromatic heterocycles. The summed E-state index contributed by atoms with van der Waals surface area (Å²) in [4.78, 5) is 41.7. The monoisotopic (exact) mass is 550 g/mol. The topological polar surface area (TPSA) is 111 Å². The number of carboxylic acid groups (broad SMARTS) is 1. The number of hydrogen-bond acceptors (Lipinski definition) is 5. The highest BCUT2D eigenvalue weighted by atomic mass is 16.5. The summed E-state index contributed by atoms with van der Waals surface area (Å²) >= 11 is 0. The van der Waals surface area contributed by atoms with Gasteiger partial charge in [0.15, 0.2) is 0 Å². The molecule has 0 spiro atoms. The van der Waals surface area contributed by atoms with Gasteiger partial charge in [0.2, 0.25) is 0 Å². The first-order valence-corrected chi connectivity index (χ1v) is 14.4. The molecule has 0 unspecified atom stereocenters. The van der Waals surface area contributed by atoms with Crippen molar-refractivity contribution in [1.29, 1.82) is 0 Å². The number of likely N-dealkylation sites (N-methyl/N-ethyl adjacent to an activating group) is 1. The lowest BCUT2D eigenvalue weighted by Gasteiger charge is -2.37. The lowest BCUT2D eigenvalue weighted by atomic mass is 10.1. The van der Waals surface area contributed by atoms with E-state index in [1.165, 1.54) is 12.8 Å². The Kier molecular flexibility index (Phi) is 8.44. The van der Waals surface area contributed by atoms with Gasteiger partial charge in [-0.05, 0) is 99.9 Å². The van der Waals surface area contributed by atoms with Gasteiger partial charge in [0.05, 0.1) is 25.2 Å². The average molecular weight is 551 g/mol. The molecular weight excluding hydrogens is 510 g/mol. The van der Waals surface area contributed by atoms with Crippen LogP contribution in [0.15, 0.2) is 48.5 Å². The van der Waals surface area contributed by atoms with Gasteiger partial charge in [0, 0.05) is 37.2 Å². The molecule has 5 rings (SSSR count). The summed E-state index contributed by atoms with van der Waals surface area (Å²) in [5, 5.41) is 15.6. The number of benzene rings is 2. The number of imide groups is 1. The van der Waals surface area contributed by atoms with E-state index in [0.717, 1.165) is 56.5 Å². The number of nitrogens with one attached hydrogen (secondary N) is 2. The van der Waals surface area contributed by atoms with Gasteiger partial charge in [0.1, 0.15) is 5.75 Å². The molecule has 3 N–H and O–H groups in total. The molecule has 0 radical (unpaired) electrons. The molecule has 214 valence electrons. The molecule has 2 aliphatic heterocycles. The maximum atomic E-state index is 13.3. The second-order valence-electron chi connectivity index (χ2n) is 11.2. The van der Waals surface area contributed by atoms with E-state index >= 15 is 0 Å². The Bertz CT molecular complexity index is 1190. The summed E-state index contributed by atoms with van der Waals surface area (Å²) in [5.41, 5.74) is 2.35. The predicted octanol–water partition coefficient (Wildman–Crippen LogP) is 5.96. The van der Waals surface area contributed by atoms with Crippen molar-refractivity contribution in [2.45, 2.75) is 63.5 Å². The number of likely N-dealkylation sites (tertiary alicyclic amines) is 1. The van der Waals surface area contributed by atoms with Gasteiger partial charge < -0.3 is 25.4 Å². The van der Waals surface area contributed by atoms with Crippen LogP contribution in [0.1, 0.15) is 51.4 Å². The molecule has 3 aliphatic rings. The third-order valence-electron chi connectivity index (χ3n) is 8.53. The van der Waals surface area contributed by atoms with Crippen LogP contribution in [0.25, 0.3) is 0 Å². The molecule has 2 saturated heterocycles. The van der Waals surface area contributed by atoms with Crippen LogP contribution in [0, 0.1) is 0 Å². The van der Waals surface area contributed by atoms with Crippen LogP contribution in [0.2, 0.25) is 0 Å². The molecule has 1 saturated carbocycles. The van der Waals surface area contributed by atoms with E-state index in [1.54, 1.807) is 11.9 Å². The number of anilines is 3. The zero-order valence-corrected chi connectivity index (χ0v) is 23.2. The minimum Gasteiger partial charge on any atom is -0.490 e. The van der Waals surface area contributed by atoms with Gasteiger partial charge in [-0.25, -0.2) is 9.59 Å². The van der Waals surface area contributed by atoms with Crippen molar-refractivity contribution in [3.8, 4) is 5.75 Å². The zero-order chi connectivity index (χ0) is 28.1. The fraction of sp³-hybridized carbons (Fsp3) is 0.500. The number of urea groups is 2. The van der Waals surface area contributed by atoms with Gasteiger partial charge in [0.25, 0.3) is 0 Å². The van der Waals surface area contributed by atoms with Crippen LogP contribution in [-0.2, 0) is 0 Å². The van der Waals surface area contributed by atoms with Crippen molar-refractivity contribution in [2.75, 3.05) is 48.8 Å². The number of carbonyl (C=O) groups excluding carboxylic acids is 2. The van der Waals surface area contributed by atoms with E-state index in [1.807, 2.05) is 48.5 Å². The van der Waals surface area contributed by atoms with E-state index in [9.17, 15) is 19.5 Å². The minimum atomic E-state index is -1.05. The van der Waals surface area contributed by atoms with Crippen LogP contribution in [0.5, 0.6) is 5.75 Å². The molecule has 2 heterocycles. The number of amides is 5. The number of carbonyl (C=O) groups is 3. The van der Waals surface area contributed by atoms with Crippen molar-refractivity contribution >= 4 is 35.2 Å². The highest BCUT2D eigenvalue weighted by molar-refractivity contribution is 5.99. The Morgan fingerprint density at radius 2 is 1.48 bits per heavy atom. The highest BCUT2D eigenvalue weighted by Gasteiger charge is 2.49. The summed E-state index contributed by atoms with van der Waals surface area (Å²) in [5.74, 6) is 0.822. The summed E-state index contributed by atoms with van der Waals surface area (Å²) in [6.07, 6.45) is 7.13. The van der Waals surface area contributed by atoms with Crippen molar-refractivity contribution in [2.24, 2.45) is 0 Å². The molecule has 2 aromatic carbocycles. The molecule has 10 nitrogen and oxygen atoms in total. The summed E-state index contributed by atoms with van der Waals surface area (Å²) < 4.78 is 5.49. The van der Waals surface area contributed by atoms with Crippen LogP contribution in [0.3, 0.4) is 0 Å². The Labute approximate surface area is 235 Å². The number of piperidine rings is 1. The molecule has 5 amide bonds. The third-order valence-corrected chi connectivity index (χ3v) is 8.53. The first kappa shape index (κ1) is 27.8. The quantitative estimate of drug-likeness (QED) is 0.383. The SMILES string of the molecule is CN(C(=O)[N+]1(C(=O)O)CCCCC1)[C@H]1CCN(c2ccc(NC(=O)Nc3ccc(OC4CCCC4)cc3)cc2)C1. The van der Waals surface area contributed by atoms with Gasteiger partial charge in [-0.2, -0.15) is 4.79 Å². The smallest absolute Gasteiger partial charge is 0.490 e. The van der Waals surface area contributed by atoms with Gasteiger partial charge in [-0.3, -0.25) is 4.90 Å². The van der Waals surface area contributed by atoms with Gasteiger partial charge >= 0.3 is 18.2 Å². The van der Waals surface area contributed by atoms with Crippen LogP contribution in [0.4, 0.5) is 31.4 Å². The molecule has 1 aliphatic carbocycles. The Hall–Kier alpha value is -3.79. The fourth-order valence-corrected chi connectivity index (χ4v) is 6.13. The standard InChI is InChI=1S/C30H39N5O5/c1-33(29(37)35(30(38)39)19-5-2-6-20-35)25-17-18-34(21-25)24-13-9-22(10-14-24)31-28(36)32-23-11-15-27(16-12-23)40-26-7-3-4-8-26/h9-16,25-26H,2-8,17-21H2,1H3,(H2-,31,32,36,38,39)/p+1/t25-/m0/s1. The summed E-state index contributed by atoms with van der Waals surface area (Å²) in [7, 11) is 1.73. The highest BCUT2D eigenvalue weighted by Crippen LogP contribution is 2.28. The molecule has 40 heavy (non-hydrogen) atoms. The lowest BCUT2D eigenvalue weighted by molar-refractivity contribution is -0.786. The van der Waals surface area contributed by atoms with E-state index in [4.69, 9.17) is 4.74 Å². The summed E-state index contributed by atoms with van der Waals surface area (Å²) in [6.45, 7) is 2.12. The van der Waals surface area contributed by atoms with Crippen molar-refractivity contribution < 1.29 is 28.7 Å². The van der Waals surface area contributed by atoms with Crippen LogP contribution < -0.4 is 20.3 Å². The van der Waals surface area contributed by atoms with E-state index < -0.39 is 10.6 Å². The second-order valence-corrected chi connectivity index (χ2v) is 11.2.